The average molecular weight is 205 g/mol. The second kappa shape index (κ2) is 5.02. The van der Waals surface area contributed by atoms with Gasteiger partial charge in [0, 0.05) is 19.3 Å². The first-order chi connectivity index (χ1) is 7.42. The second-order valence-corrected chi connectivity index (χ2v) is 3.44. The second-order valence-electron chi connectivity index (χ2n) is 3.44. The lowest BCUT2D eigenvalue weighted by atomic mass is 10.0. The number of aromatic nitrogens is 1. The Hall–Kier alpha value is -1.23. The standard InChI is InChI=1S/C11H15N3O/c1-2-6-15-14-11-8-12-7-10-9(11)4-3-5-13-10/h2-5,11-12,14H,1,6-8H2. The normalized spacial score (nSPS) is 19.6. The minimum Gasteiger partial charge on any atom is -0.309 e. The number of hydroxylamine groups is 1. The van der Waals surface area contributed by atoms with Gasteiger partial charge in [-0.15, -0.1) is 6.58 Å². The summed E-state index contributed by atoms with van der Waals surface area (Å²) in [7, 11) is 0. The Bertz CT molecular complexity index is 340. The molecule has 0 amide bonds. The van der Waals surface area contributed by atoms with Gasteiger partial charge in [0.25, 0.3) is 0 Å². The summed E-state index contributed by atoms with van der Waals surface area (Å²) in [6.07, 6.45) is 3.53. The number of pyridine rings is 1. The van der Waals surface area contributed by atoms with E-state index in [4.69, 9.17) is 4.84 Å². The molecule has 0 radical (unpaired) electrons. The van der Waals surface area contributed by atoms with Crippen LogP contribution in [0.2, 0.25) is 0 Å². The average Bonchev–Trinajstić information content (AvgIpc) is 2.30. The topological polar surface area (TPSA) is 46.2 Å². The van der Waals surface area contributed by atoms with E-state index >= 15 is 0 Å². The summed E-state index contributed by atoms with van der Waals surface area (Å²) in [4.78, 5) is 9.56. The molecule has 1 aromatic rings. The van der Waals surface area contributed by atoms with Crippen LogP contribution in [0.1, 0.15) is 17.3 Å². The molecule has 0 fully saturated rings. The Morgan fingerprint density at radius 3 is 3.53 bits per heavy atom. The molecule has 1 aromatic heterocycles. The van der Waals surface area contributed by atoms with Crippen LogP contribution in [0, 0.1) is 0 Å². The Morgan fingerprint density at radius 2 is 2.67 bits per heavy atom. The van der Waals surface area contributed by atoms with E-state index in [9.17, 15) is 0 Å². The summed E-state index contributed by atoms with van der Waals surface area (Å²) in [5, 5.41) is 3.29. The van der Waals surface area contributed by atoms with E-state index in [-0.39, 0.29) is 6.04 Å². The predicted molar refractivity (Wildman–Crippen MR) is 58.0 cm³/mol. The summed E-state index contributed by atoms with van der Waals surface area (Å²) in [5.41, 5.74) is 5.30. The van der Waals surface area contributed by atoms with E-state index in [1.54, 1.807) is 6.08 Å². The van der Waals surface area contributed by atoms with Crippen molar-refractivity contribution in [2.45, 2.75) is 12.6 Å². The molecule has 0 spiro atoms. The maximum atomic E-state index is 5.24. The van der Waals surface area contributed by atoms with E-state index in [1.165, 1.54) is 5.56 Å². The Kier molecular flexibility index (Phi) is 3.45. The number of hydrogen-bond acceptors (Lipinski definition) is 4. The molecule has 2 N–H and O–H groups in total. The van der Waals surface area contributed by atoms with Crippen LogP contribution in [0.15, 0.2) is 31.0 Å². The lowest BCUT2D eigenvalue weighted by Crippen LogP contribution is -2.37. The first-order valence-electron chi connectivity index (χ1n) is 5.04. The van der Waals surface area contributed by atoms with Crippen molar-refractivity contribution >= 4 is 0 Å². The maximum absolute atomic E-state index is 5.24. The summed E-state index contributed by atoms with van der Waals surface area (Å²) in [6, 6.07) is 4.20. The fourth-order valence-electron chi connectivity index (χ4n) is 1.67. The molecular weight excluding hydrogens is 190 g/mol. The van der Waals surface area contributed by atoms with Crippen LogP contribution < -0.4 is 10.8 Å². The number of rotatable bonds is 4. The molecule has 2 heterocycles. The molecule has 0 saturated heterocycles. The Labute approximate surface area is 89.3 Å². The third-order valence-electron chi connectivity index (χ3n) is 2.37. The molecule has 1 unspecified atom stereocenters. The van der Waals surface area contributed by atoms with Crippen LogP contribution in [0.5, 0.6) is 0 Å². The van der Waals surface area contributed by atoms with Gasteiger partial charge in [-0.1, -0.05) is 12.1 Å². The fraction of sp³-hybridized carbons (Fsp3) is 0.364. The molecule has 0 bridgehead atoms. The van der Waals surface area contributed by atoms with Gasteiger partial charge >= 0.3 is 0 Å². The first kappa shape index (κ1) is 10.3. The lowest BCUT2D eigenvalue weighted by Gasteiger charge is -2.25. The van der Waals surface area contributed by atoms with Crippen LogP contribution in [0.25, 0.3) is 0 Å². The Balaban J connectivity index is 2.05. The largest absolute Gasteiger partial charge is 0.309 e. The third kappa shape index (κ3) is 2.41. The quantitative estimate of drug-likeness (QED) is 0.436. The molecule has 0 saturated carbocycles. The zero-order valence-electron chi connectivity index (χ0n) is 8.57. The molecule has 1 aliphatic heterocycles. The van der Waals surface area contributed by atoms with Gasteiger partial charge in [0.15, 0.2) is 0 Å². The predicted octanol–water partition coefficient (Wildman–Crippen LogP) is 0.933. The van der Waals surface area contributed by atoms with Crippen LogP contribution >= 0.6 is 0 Å². The molecular formula is C11H15N3O. The van der Waals surface area contributed by atoms with E-state index in [0.717, 1.165) is 18.8 Å². The lowest BCUT2D eigenvalue weighted by molar-refractivity contribution is 0.0322. The van der Waals surface area contributed by atoms with Crippen molar-refractivity contribution in [1.29, 1.82) is 0 Å². The van der Waals surface area contributed by atoms with Gasteiger partial charge in [-0.3, -0.25) is 9.82 Å². The molecule has 4 nitrogen and oxygen atoms in total. The highest BCUT2D eigenvalue weighted by molar-refractivity contribution is 5.25. The fourth-order valence-corrected chi connectivity index (χ4v) is 1.67. The summed E-state index contributed by atoms with van der Waals surface area (Å²) in [5.74, 6) is 0. The van der Waals surface area contributed by atoms with Crippen molar-refractivity contribution in [1.82, 2.24) is 15.8 Å². The van der Waals surface area contributed by atoms with Crippen LogP contribution in [0.3, 0.4) is 0 Å². The van der Waals surface area contributed by atoms with Crippen LogP contribution in [0.4, 0.5) is 0 Å². The van der Waals surface area contributed by atoms with Gasteiger partial charge in [-0.2, -0.15) is 5.48 Å². The highest BCUT2D eigenvalue weighted by Gasteiger charge is 2.19. The number of hydrogen-bond donors (Lipinski definition) is 2. The van der Waals surface area contributed by atoms with Gasteiger partial charge in [0.05, 0.1) is 18.3 Å². The van der Waals surface area contributed by atoms with E-state index < -0.39 is 0 Å². The molecule has 0 aliphatic carbocycles. The zero-order chi connectivity index (χ0) is 10.5. The van der Waals surface area contributed by atoms with Crippen molar-refractivity contribution in [3.63, 3.8) is 0 Å². The van der Waals surface area contributed by atoms with Crippen molar-refractivity contribution in [2.24, 2.45) is 0 Å². The summed E-state index contributed by atoms with van der Waals surface area (Å²) >= 11 is 0. The molecule has 4 heteroatoms. The Morgan fingerprint density at radius 1 is 1.73 bits per heavy atom. The van der Waals surface area contributed by atoms with Gasteiger partial charge in [-0.25, -0.2) is 0 Å². The van der Waals surface area contributed by atoms with E-state index in [1.807, 2.05) is 12.3 Å². The van der Waals surface area contributed by atoms with Gasteiger partial charge in [0.2, 0.25) is 0 Å². The molecule has 2 rings (SSSR count). The van der Waals surface area contributed by atoms with Crippen LogP contribution in [-0.2, 0) is 11.4 Å². The molecule has 1 atom stereocenters. The van der Waals surface area contributed by atoms with E-state index in [0.29, 0.717) is 6.61 Å². The first-order valence-corrected chi connectivity index (χ1v) is 5.04. The number of nitrogens with zero attached hydrogens (tertiary/aromatic N) is 1. The van der Waals surface area contributed by atoms with Gasteiger partial charge < -0.3 is 5.32 Å². The minimum absolute atomic E-state index is 0.169. The maximum Gasteiger partial charge on any atom is 0.0861 e. The minimum atomic E-state index is 0.169. The van der Waals surface area contributed by atoms with Crippen molar-refractivity contribution in [3.8, 4) is 0 Å². The smallest absolute Gasteiger partial charge is 0.0861 e. The SMILES string of the molecule is C=CCONC1CNCc2ncccc21. The molecule has 1 aliphatic rings. The molecule has 0 aromatic carbocycles. The van der Waals surface area contributed by atoms with Crippen molar-refractivity contribution < 1.29 is 4.84 Å². The number of nitrogens with one attached hydrogen (secondary N) is 2. The summed E-state index contributed by atoms with van der Waals surface area (Å²) in [6.45, 7) is 5.79. The van der Waals surface area contributed by atoms with E-state index in [2.05, 4.69) is 28.4 Å². The van der Waals surface area contributed by atoms with Crippen molar-refractivity contribution in [2.75, 3.05) is 13.2 Å². The highest BCUT2D eigenvalue weighted by atomic mass is 16.6. The van der Waals surface area contributed by atoms with Gasteiger partial charge in [0.1, 0.15) is 0 Å². The number of fused-ring (bicyclic) bond motifs is 1. The van der Waals surface area contributed by atoms with Crippen molar-refractivity contribution in [3.05, 3.63) is 42.2 Å². The molecule has 80 valence electrons. The molecule has 15 heavy (non-hydrogen) atoms. The van der Waals surface area contributed by atoms with Crippen LogP contribution in [-0.4, -0.2) is 18.1 Å². The zero-order valence-corrected chi connectivity index (χ0v) is 8.57. The summed E-state index contributed by atoms with van der Waals surface area (Å²) < 4.78 is 0. The van der Waals surface area contributed by atoms with Gasteiger partial charge in [-0.05, 0) is 11.6 Å². The monoisotopic (exact) mass is 205 g/mol. The third-order valence-corrected chi connectivity index (χ3v) is 2.37. The highest BCUT2D eigenvalue weighted by Crippen LogP contribution is 2.19.